The Morgan fingerprint density at radius 2 is 1.70 bits per heavy atom. The van der Waals surface area contributed by atoms with Crippen LogP contribution in [0.4, 0.5) is 0 Å². The molecular formula is C19H30O. The van der Waals surface area contributed by atoms with Crippen molar-refractivity contribution >= 4 is 0 Å². The van der Waals surface area contributed by atoms with Crippen LogP contribution in [0.5, 0.6) is 0 Å². The summed E-state index contributed by atoms with van der Waals surface area (Å²) >= 11 is 0. The second kappa shape index (κ2) is 7.26. The van der Waals surface area contributed by atoms with Gasteiger partial charge in [0.25, 0.3) is 0 Å². The Hall–Kier alpha value is -0.820. The van der Waals surface area contributed by atoms with Crippen molar-refractivity contribution in [3.05, 3.63) is 35.9 Å². The molecule has 0 amide bonds. The molecule has 1 N–H and O–H groups in total. The molecule has 1 aromatic rings. The maximum Gasteiger partial charge on any atom is 0.0639 e. The summed E-state index contributed by atoms with van der Waals surface area (Å²) in [5, 5.41) is 11.0. The molecule has 1 fully saturated rings. The van der Waals surface area contributed by atoms with Gasteiger partial charge in [0.15, 0.2) is 0 Å². The van der Waals surface area contributed by atoms with E-state index in [1.54, 1.807) is 0 Å². The minimum absolute atomic E-state index is 0.181. The summed E-state index contributed by atoms with van der Waals surface area (Å²) in [6.45, 7) is 6.86. The van der Waals surface area contributed by atoms with E-state index in [1.165, 1.54) is 31.2 Å². The van der Waals surface area contributed by atoms with Crippen molar-refractivity contribution in [1.29, 1.82) is 0 Å². The van der Waals surface area contributed by atoms with Gasteiger partial charge in [0.2, 0.25) is 0 Å². The molecule has 3 atom stereocenters. The first-order chi connectivity index (χ1) is 9.63. The van der Waals surface area contributed by atoms with Crippen molar-refractivity contribution in [3.8, 4) is 0 Å². The van der Waals surface area contributed by atoms with Crippen molar-refractivity contribution in [2.75, 3.05) is 0 Å². The van der Waals surface area contributed by atoms with Crippen LogP contribution in [0.15, 0.2) is 30.3 Å². The Bertz CT molecular complexity index is 378. The van der Waals surface area contributed by atoms with E-state index in [2.05, 4.69) is 51.1 Å². The molecule has 0 bridgehead atoms. The van der Waals surface area contributed by atoms with Gasteiger partial charge in [0, 0.05) is 5.92 Å². The van der Waals surface area contributed by atoms with E-state index in [0.29, 0.717) is 17.8 Å². The van der Waals surface area contributed by atoms with Crippen LogP contribution in [0.2, 0.25) is 0 Å². The summed E-state index contributed by atoms with van der Waals surface area (Å²) in [5.41, 5.74) is 1.31. The largest absolute Gasteiger partial charge is 0.392 e. The van der Waals surface area contributed by atoms with Crippen LogP contribution >= 0.6 is 0 Å². The van der Waals surface area contributed by atoms with E-state index < -0.39 is 0 Å². The topological polar surface area (TPSA) is 20.2 Å². The van der Waals surface area contributed by atoms with Gasteiger partial charge in [-0.25, -0.2) is 0 Å². The van der Waals surface area contributed by atoms with Crippen LogP contribution in [0.1, 0.15) is 64.4 Å². The highest BCUT2D eigenvalue weighted by Crippen LogP contribution is 2.39. The lowest BCUT2D eigenvalue weighted by Crippen LogP contribution is -2.33. The molecule has 20 heavy (non-hydrogen) atoms. The molecule has 2 rings (SSSR count). The number of hydrogen-bond donors (Lipinski definition) is 1. The lowest BCUT2D eigenvalue weighted by molar-refractivity contribution is 0.0367. The van der Waals surface area contributed by atoms with E-state index in [4.69, 9.17) is 0 Å². The molecule has 0 saturated heterocycles. The molecule has 0 radical (unpaired) electrons. The van der Waals surface area contributed by atoms with Gasteiger partial charge in [0.05, 0.1) is 6.10 Å². The predicted molar refractivity (Wildman–Crippen MR) is 85.8 cm³/mol. The molecule has 0 heterocycles. The molecule has 0 spiro atoms. The summed E-state index contributed by atoms with van der Waals surface area (Å²) in [6, 6.07) is 10.6. The first-order valence-corrected chi connectivity index (χ1v) is 8.36. The number of rotatable bonds is 5. The second-order valence-corrected chi connectivity index (χ2v) is 6.83. The highest BCUT2D eigenvalue weighted by atomic mass is 16.3. The predicted octanol–water partition coefficient (Wildman–Crippen LogP) is 5.00. The van der Waals surface area contributed by atoms with Crippen LogP contribution in [-0.2, 0) is 0 Å². The molecule has 1 aliphatic carbocycles. The lowest BCUT2D eigenvalue weighted by atomic mass is 9.71. The van der Waals surface area contributed by atoms with Gasteiger partial charge in [-0.3, -0.25) is 0 Å². The van der Waals surface area contributed by atoms with Gasteiger partial charge in [-0.1, -0.05) is 70.4 Å². The van der Waals surface area contributed by atoms with Crippen LogP contribution < -0.4 is 0 Å². The maximum absolute atomic E-state index is 11.0. The Morgan fingerprint density at radius 1 is 1.10 bits per heavy atom. The molecule has 1 nitrogen and oxygen atoms in total. The lowest BCUT2D eigenvalue weighted by Gasteiger charge is -2.37. The molecule has 1 saturated carbocycles. The zero-order valence-corrected chi connectivity index (χ0v) is 13.3. The highest BCUT2D eigenvalue weighted by molar-refractivity contribution is 5.22. The van der Waals surface area contributed by atoms with Gasteiger partial charge in [-0.2, -0.15) is 0 Å². The number of benzene rings is 1. The third-order valence-corrected chi connectivity index (χ3v) is 5.35. The summed E-state index contributed by atoms with van der Waals surface area (Å²) in [7, 11) is 0. The van der Waals surface area contributed by atoms with Gasteiger partial charge >= 0.3 is 0 Å². The molecule has 112 valence electrons. The first kappa shape index (κ1) is 15.6. The Morgan fingerprint density at radius 3 is 2.25 bits per heavy atom. The summed E-state index contributed by atoms with van der Waals surface area (Å²) in [4.78, 5) is 0. The minimum atomic E-state index is -0.181. The van der Waals surface area contributed by atoms with E-state index in [1.807, 2.05) is 0 Å². The molecule has 0 aromatic heterocycles. The average molecular weight is 274 g/mol. The Balaban J connectivity index is 2.14. The minimum Gasteiger partial charge on any atom is -0.392 e. The van der Waals surface area contributed by atoms with Crippen molar-refractivity contribution in [1.82, 2.24) is 0 Å². The van der Waals surface area contributed by atoms with Crippen molar-refractivity contribution in [2.45, 2.75) is 64.9 Å². The van der Waals surface area contributed by atoms with Gasteiger partial charge < -0.3 is 5.11 Å². The van der Waals surface area contributed by atoms with Crippen LogP contribution in [0.3, 0.4) is 0 Å². The van der Waals surface area contributed by atoms with E-state index in [9.17, 15) is 5.11 Å². The average Bonchev–Trinajstić information content (AvgIpc) is 2.49. The fraction of sp³-hybridized carbons (Fsp3) is 0.684. The second-order valence-electron chi connectivity index (χ2n) is 6.83. The number of aliphatic hydroxyl groups is 1. The zero-order chi connectivity index (χ0) is 14.5. The number of aliphatic hydroxyl groups excluding tert-OH is 1. The smallest absolute Gasteiger partial charge is 0.0639 e. The zero-order valence-electron chi connectivity index (χ0n) is 13.3. The van der Waals surface area contributed by atoms with Crippen molar-refractivity contribution in [2.24, 2.45) is 17.8 Å². The van der Waals surface area contributed by atoms with Crippen LogP contribution in [0.25, 0.3) is 0 Å². The fourth-order valence-electron chi connectivity index (χ4n) is 3.71. The summed E-state index contributed by atoms with van der Waals surface area (Å²) in [5.74, 6) is 2.16. The SMILES string of the molecule is CCC(C)C(c1ccccc1)C(O)C1CCC(C)CC1. The van der Waals surface area contributed by atoms with Crippen LogP contribution in [0, 0.1) is 17.8 Å². The normalized spacial score (nSPS) is 27.8. The fourth-order valence-corrected chi connectivity index (χ4v) is 3.71. The van der Waals surface area contributed by atoms with Gasteiger partial charge in [-0.05, 0) is 36.2 Å². The first-order valence-electron chi connectivity index (χ1n) is 8.36. The Labute approximate surface area is 124 Å². The third-order valence-electron chi connectivity index (χ3n) is 5.35. The molecule has 3 unspecified atom stereocenters. The standard InChI is InChI=1S/C19H30O/c1-4-15(3)18(16-8-6-5-7-9-16)19(20)17-12-10-14(2)11-13-17/h5-9,14-15,17-20H,4,10-13H2,1-3H3. The quantitative estimate of drug-likeness (QED) is 0.800. The van der Waals surface area contributed by atoms with Gasteiger partial charge in [-0.15, -0.1) is 0 Å². The van der Waals surface area contributed by atoms with Crippen LogP contribution in [-0.4, -0.2) is 11.2 Å². The molecular weight excluding hydrogens is 244 g/mol. The van der Waals surface area contributed by atoms with E-state index in [0.717, 1.165) is 12.3 Å². The van der Waals surface area contributed by atoms with Crippen molar-refractivity contribution < 1.29 is 5.11 Å². The van der Waals surface area contributed by atoms with Gasteiger partial charge in [0.1, 0.15) is 0 Å². The molecule has 0 aliphatic heterocycles. The third kappa shape index (κ3) is 3.63. The molecule has 1 aromatic carbocycles. The van der Waals surface area contributed by atoms with Crippen molar-refractivity contribution in [3.63, 3.8) is 0 Å². The molecule has 1 aliphatic rings. The summed E-state index contributed by atoms with van der Waals surface area (Å²) < 4.78 is 0. The van der Waals surface area contributed by atoms with E-state index in [-0.39, 0.29) is 6.10 Å². The maximum atomic E-state index is 11.0. The monoisotopic (exact) mass is 274 g/mol. The van der Waals surface area contributed by atoms with E-state index >= 15 is 0 Å². The highest BCUT2D eigenvalue weighted by Gasteiger charge is 2.33. The molecule has 1 heteroatoms. The Kier molecular flexibility index (Phi) is 5.65. The summed E-state index contributed by atoms with van der Waals surface area (Å²) in [6.07, 6.45) is 5.90. The number of hydrogen-bond acceptors (Lipinski definition) is 1.